The molecule has 0 spiro atoms. The number of nitrogens with one attached hydrogen (secondary N) is 1. The molecule has 26 heavy (non-hydrogen) atoms. The molecule has 0 saturated carbocycles. The highest BCUT2D eigenvalue weighted by atomic mass is 16.5. The standard InChI is InChI=1S/C20H24N2O4/c1-22(15-8-5-4-6-9-15)20(24)11-7-10-19(23)21-17-13-12-16(25-2)14-18(17)26-3/h4-6,8-9,12-14H,7,10-11H2,1-3H3,(H,21,23). The highest BCUT2D eigenvalue weighted by Gasteiger charge is 2.13. The van der Waals surface area contributed by atoms with E-state index in [1.54, 1.807) is 37.3 Å². The number of benzene rings is 2. The molecule has 0 fully saturated rings. The molecule has 0 unspecified atom stereocenters. The molecule has 6 nitrogen and oxygen atoms in total. The maximum absolute atomic E-state index is 12.2. The van der Waals surface area contributed by atoms with Crippen LogP contribution in [0.5, 0.6) is 11.5 Å². The Morgan fingerprint density at radius 1 is 1.00 bits per heavy atom. The second-order valence-electron chi connectivity index (χ2n) is 5.76. The summed E-state index contributed by atoms with van der Waals surface area (Å²) < 4.78 is 10.4. The van der Waals surface area contributed by atoms with Gasteiger partial charge in [-0.1, -0.05) is 18.2 Å². The van der Waals surface area contributed by atoms with Gasteiger partial charge in [0.2, 0.25) is 11.8 Å². The second kappa shape index (κ2) is 9.46. The molecule has 0 aliphatic carbocycles. The molecule has 2 amide bonds. The van der Waals surface area contributed by atoms with Crippen LogP contribution in [0.2, 0.25) is 0 Å². The molecule has 0 aliphatic heterocycles. The average molecular weight is 356 g/mol. The molecule has 0 aliphatic rings. The summed E-state index contributed by atoms with van der Waals surface area (Å²) in [5.74, 6) is 0.988. The van der Waals surface area contributed by atoms with Gasteiger partial charge in [-0.2, -0.15) is 0 Å². The fraction of sp³-hybridized carbons (Fsp3) is 0.300. The van der Waals surface area contributed by atoms with Crippen LogP contribution in [0, 0.1) is 0 Å². The number of nitrogens with zero attached hydrogens (tertiary/aromatic N) is 1. The normalized spacial score (nSPS) is 10.1. The van der Waals surface area contributed by atoms with Crippen molar-refractivity contribution >= 4 is 23.2 Å². The summed E-state index contributed by atoms with van der Waals surface area (Å²) >= 11 is 0. The zero-order chi connectivity index (χ0) is 18.9. The number of carbonyl (C=O) groups is 2. The van der Waals surface area contributed by atoms with Gasteiger partial charge in [-0.15, -0.1) is 0 Å². The first kappa shape index (κ1) is 19.3. The molecule has 2 aromatic rings. The van der Waals surface area contributed by atoms with E-state index in [2.05, 4.69) is 5.32 Å². The number of rotatable bonds is 8. The highest BCUT2D eigenvalue weighted by molar-refractivity contribution is 5.94. The van der Waals surface area contributed by atoms with Crippen LogP contribution >= 0.6 is 0 Å². The lowest BCUT2D eigenvalue weighted by Crippen LogP contribution is -2.26. The van der Waals surface area contributed by atoms with E-state index in [-0.39, 0.29) is 18.2 Å². The topological polar surface area (TPSA) is 67.9 Å². The Labute approximate surface area is 153 Å². The monoisotopic (exact) mass is 356 g/mol. The van der Waals surface area contributed by atoms with Crippen LogP contribution in [-0.2, 0) is 9.59 Å². The van der Waals surface area contributed by atoms with Crippen LogP contribution in [0.1, 0.15) is 19.3 Å². The Kier molecular flexibility index (Phi) is 7.02. The zero-order valence-corrected chi connectivity index (χ0v) is 15.3. The fourth-order valence-corrected chi connectivity index (χ4v) is 2.48. The van der Waals surface area contributed by atoms with Gasteiger partial charge in [0.25, 0.3) is 0 Å². The summed E-state index contributed by atoms with van der Waals surface area (Å²) in [7, 11) is 4.83. The van der Waals surface area contributed by atoms with Crippen LogP contribution in [0.25, 0.3) is 0 Å². The Morgan fingerprint density at radius 2 is 1.73 bits per heavy atom. The largest absolute Gasteiger partial charge is 0.497 e. The van der Waals surface area contributed by atoms with E-state index in [0.29, 0.717) is 30.0 Å². The van der Waals surface area contributed by atoms with E-state index in [9.17, 15) is 9.59 Å². The van der Waals surface area contributed by atoms with Crippen molar-refractivity contribution < 1.29 is 19.1 Å². The molecule has 0 saturated heterocycles. The summed E-state index contributed by atoms with van der Waals surface area (Å²) in [5.41, 5.74) is 1.41. The van der Waals surface area contributed by atoms with E-state index in [0.717, 1.165) is 5.69 Å². The van der Waals surface area contributed by atoms with Gasteiger partial charge in [0.1, 0.15) is 11.5 Å². The Balaban J connectivity index is 1.83. The molecule has 0 heterocycles. The number of methoxy groups -OCH3 is 2. The number of ether oxygens (including phenoxy) is 2. The molecule has 0 atom stereocenters. The number of anilines is 2. The number of para-hydroxylation sites is 1. The van der Waals surface area contributed by atoms with Gasteiger partial charge in [0.05, 0.1) is 19.9 Å². The van der Waals surface area contributed by atoms with Crippen molar-refractivity contribution in [1.29, 1.82) is 0 Å². The maximum atomic E-state index is 12.2. The lowest BCUT2D eigenvalue weighted by atomic mass is 10.2. The quantitative estimate of drug-likeness (QED) is 0.786. The Hall–Kier alpha value is -3.02. The summed E-state index contributed by atoms with van der Waals surface area (Å²) in [5, 5.41) is 2.80. The predicted octanol–water partition coefficient (Wildman–Crippen LogP) is 3.48. The van der Waals surface area contributed by atoms with Gasteiger partial charge in [0.15, 0.2) is 0 Å². The summed E-state index contributed by atoms with van der Waals surface area (Å²) in [6.45, 7) is 0. The van der Waals surface area contributed by atoms with Crippen LogP contribution in [0.4, 0.5) is 11.4 Å². The van der Waals surface area contributed by atoms with Crippen molar-refractivity contribution in [3.8, 4) is 11.5 Å². The lowest BCUT2D eigenvalue weighted by molar-refractivity contribution is -0.118. The third-order valence-corrected chi connectivity index (χ3v) is 3.99. The average Bonchev–Trinajstić information content (AvgIpc) is 2.68. The summed E-state index contributed by atoms with van der Waals surface area (Å²) in [4.78, 5) is 25.9. The molecule has 0 radical (unpaired) electrons. The van der Waals surface area contributed by atoms with Crippen molar-refractivity contribution in [1.82, 2.24) is 0 Å². The minimum atomic E-state index is -0.163. The molecular weight excluding hydrogens is 332 g/mol. The van der Waals surface area contributed by atoms with Gasteiger partial charge in [-0.25, -0.2) is 0 Å². The van der Waals surface area contributed by atoms with Gasteiger partial charge in [0, 0.05) is 31.6 Å². The van der Waals surface area contributed by atoms with E-state index in [4.69, 9.17) is 9.47 Å². The van der Waals surface area contributed by atoms with Crippen LogP contribution in [-0.4, -0.2) is 33.1 Å². The number of amides is 2. The molecule has 0 aromatic heterocycles. The molecule has 2 rings (SSSR count). The van der Waals surface area contributed by atoms with Crippen LogP contribution in [0.3, 0.4) is 0 Å². The zero-order valence-electron chi connectivity index (χ0n) is 15.3. The first-order valence-corrected chi connectivity index (χ1v) is 8.38. The van der Waals surface area contributed by atoms with Gasteiger partial charge in [-0.3, -0.25) is 9.59 Å². The molecule has 138 valence electrons. The summed E-state index contributed by atoms with van der Waals surface area (Å²) in [6, 6.07) is 14.6. The lowest BCUT2D eigenvalue weighted by Gasteiger charge is -2.17. The van der Waals surface area contributed by atoms with Crippen molar-refractivity contribution in [3.63, 3.8) is 0 Å². The first-order valence-electron chi connectivity index (χ1n) is 8.38. The molecule has 0 bridgehead atoms. The van der Waals surface area contributed by atoms with Gasteiger partial charge < -0.3 is 19.7 Å². The highest BCUT2D eigenvalue weighted by Crippen LogP contribution is 2.29. The number of hydrogen-bond donors (Lipinski definition) is 1. The SMILES string of the molecule is COc1ccc(NC(=O)CCCC(=O)N(C)c2ccccc2)c(OC)c1. The predicted molar refractivity (Wildman–Crippen MR) is 102 cm³/mol. The second-order valence-corrected chi connectivity index (χ2v) is 5.76. The molecule has 6 heteroatoms. The van der Waals surface area contributed by atoms with Gasteiger partial charge in [-0.05, 0) is 30.7 Å². The van der Waals surface area contributed by atoms with Gasteiger partial charge >= 0.3 is 0 Å². The first-order chi connectivity index (χ1) is 12.5. The molecular formula is C20H24N2O4. The van der Waals surface area contributed by atoms with E-state index >= 15 is 0 Å². The maximum Gasteiger partial charge on any atom is 0.226 e. The van der Waals surface area contributed by atoms with Crippen molar-refractivity contribution in [2.75, 3.05) is 31.5 Å². The number of carbonyl (C=O) groups excluding carboxylic acids is 2. The van der Waals surface area contributed by atoms with E-state index < -0.39 is 0 Å². The smallest absolute Gasteiger partial charge is 0.226 e. The fourth-order valence-electron chi connectivity index (χ4n) is 2.48. The van der Waals surface area contributed by atoms with Crippen molar-refractivity contribution in [2.24, 2.45) is 0 Å². The Bertz CT molecular complexity index is 747. The minimum absolute atomic E-state index is 0.0222. The number of hydrogen-bond acceptors (Lipinski definition) is 4. The third-order valence-electron chi connectivity index (χ3n) is 3.99. The van der Waals surface area contributed by atoms with Crippen LogP contribution < -0.4 is 19.7 Å². The van der Waals surface area contributed by atoms with Crippen molar-refractivity contribution in [3.05, 3.63) is 48.5 Å². The van der Waals surface area contributed by atoms with E-state index in [1.807, 2.05) is 30.3 Å². The minimum Gasteiger partial charge on any atom is -0.497 e. The summed E-state index contributed by atoms with van der Waals surface area (Å²) in [6.07, 6.45) is 1.03. The van der Waals surface area contributed by atoms with Crippen LogP contribution in [0.15, 0.2) is 48.5 Å². The molecule has 1 N–H and O–H groups in total. The van der Waals surface area contributed by atoms with E-state index in [1.165, 1.54) is 7.11 Å². The van der Waals surface area contributed by atoms with Crippen molar-refractivity contribution in [2.45, 2.75) is 19.3 Å². The third kappa shape index (κ3) is 5.24. The Morgan fingerprint density at radius 3 is 2.38 bits per heavy atom. The molecule has 2 aromatic carbocycles.